The van der Waals surface area contributed by atoms with E-state index in [1.807, 2.05) is 0 Å². The van der Waals surface area contributed by atoms with Gasteiger partial charge in [-0.1, -0.05) is 23.2 Å². The molecule has 0 spiro atoms. The number of hydrogen-bond acceptors (Lipinski definition) is 4. The molecule has 2 fully saturated rings. The average molecular weight is 408 g/mol. The molecule has 142 valence electrons. The number of anilines is 1. The molecule has 1 saturated carbocycles. The van der Waals surface area contributed by atoms with Crippen LogP contribution in [0.5, 0.6) is 11.6 Å². The molecule has 1 aliphatic heterocycles. The topological polar surface area (TPSA) is 63.7 Å². The van der Waals surface area contributed by atoms with Gasteiger partial charge in [-0.25, -0.2) is 9.78 Å². The summed E-state index contributed by atoms with van der Waals surface area (Å²) in [7, 11) is 0. The van der Waals surface area contributed by atoms with Crippen molar-refractivity contribution in [1.29, 1.82) is 0 Å². The smallest absolute Gasteiger partial charge is 0.322 e. The predicted molar refractivity (Wildman–Crippen MR) is 104 cm³/mol. The zero-order valence-electron chi connectivity index (χ0n) is 14.5. The molecule has 0 bridgehead atoms. The SMILES string of the molecule is O=C(Nc1cccnc1Oc1ccc(Cl)cc1Cl)N1CCOC(C2CC2)C1. The molecule has 8 heteroatoms. The van der Waals surface area contributed by atoms with Crippen molar-refractivity contribution in [3.63, 3.8) is 0 Å². The number of nitrogens with one attached hydrogen (secondary N) is 1. The zero-order valence-corrected chi connectivity index (χ0v) is 16.0. The Hall–Kier alpha value is -2.02. The van der Waals surface area contributed by atoms with E-state index in [-0.39, 0.29) is 18.0 Å². The molecule has 1 atom stereocenters. The molecular weight excluding hydrogens is 389 g/mol. The van der Waals surface area contributed by atoms with E-state index in [1.54, 1.807) is 41.4 Å². The molecule has 4 rings (SSSR count). The van der Waals surface area contributed by atoms with Gasteiger partial charge in [-0.3, -0.25) is 0 Å². The van der Waals surface area contributed by atoms with E-state index in [2.05, 4.69) is 10.3 Å². The lowest BCUT2D eigenvalue weighted by Gasteiger charge is -2.33. The van der Waals surface area contributed by atoms with Crippen LogP contribution in [-0.4, -0.2) is 41.7 Å². The number of rotatable bonds is 4. The number of benzene rings is 1. The number of carbonyl (C=O) groups is 1. The monoisotopic (exact) mass is 407 g/mol. The maximum absolute atomic E-state index is 12.7. The summed E-state index contributed by atoms with van der Waals surface area (Å²) in [5, 5.41) is 3.77. The van der Waals surface area contributed by atoms with Gasteiger partial charge in [-0.2, -0.15) is 0 Å². The number of carbonyl (C=O) groups excluding carboxylic acids is 1. The minimum Gasteiger partial charge on any atom is -0.435 e. The van der Waals surface area contributed by atoms with E-state index in [9.17, 15) is 4.79 Å². The molecule has 6 nitrogen and oxygen atoms in total. The largest absolute Gasteiger partial charge is 0.435 e. The van der Waals surface area contributed by atoms with Gasteiger partial charge in [0.2, 0.25) is 5.88 Å². The minimum absolute atomic E-state index is 0.141. The molecule has 0 radical (unpaired) electrons. The fourth-order valence-corrected chi connectivity index (χ4v) is 3.48. The molecule has 1 aromatic heterocycles. The van der Waals surface area contributed by atoms with Gasteiger partial charge in [0.15, 0.2) is 0 Å². The summed E-state index contributed by atoms with van der Waals surface area (Å²) in [4.78, 5) is 18.7. The first-order chi connectivity index (χ1) is 13.1. The van der Waals surface area contributed by atoms with Crippen molar-refractivity contribution in [3.05, 3.63) is 46.6 Å². The molecule has 2 heterocycles. The van der Waals surface area contributed by atoms with Crippen LogP contribution in [0.1, 0.15) is 12.8 Å². The maximum Gasteiger partial charge on any atom is 0.322 e. The molecule has 2 aliphatic rings. The lowest BCUT2D eigenvalue weighted by Crippen LogP contribution is -2.48. The fraction of sp³-hybridized carbons (Fsp3) is 0.368. The fourth-order valence-electron chi connectivity index (χ4n) is 3.04. The average Bonchev–Trinajstić information content (AvgIpc) is 3.51. The lowest BCUT2D eigenvalue weighted by molar-refractivity contribution is -0.0234. The van der Waals surface area contributed by atoms with Gasteiger partial charge in [0.25, 0.3) is 0 Å². The Bertz CT molecular complexity index is 845. The number of pyridine rings is 1. The van der Waals surface area contributed by atoms with Gasteiger partial charge in [0.1, 0.15) is 11.4 Å². The summed E-state index contributed by atoms with van der Waals surface area (Å²) < 4.78 is 11.6. The van der Waals surface area contributed by atoms with Gasteiger partial charge in [-0.05, 0) is 49.1 Å². The molecule has 1 N–H and O–H groups in total. The van der Waals surface area contributed by atoms with Crippen LogP contribution < -0.4 is 10.1 Å². The Kier molecular flexibility index (Phi) is 5.38. The van der Waals surface area contributed by atoms with Crippen molar-refractivity contribution >= 4 is 34.9 Å². The van der Waals surface area contributed by atoms with Gasteiger partial charge >= 0.3 is 6.03 Å². The minimum atomic E-state index is -0.191. The predicted octanol–water partition coefficient (Wildman–Crippen LogP) is 4.82. The number of ether oxygens (including phenoxy) is 2. The van der Waals surface area contributed by atoms with Crippen molar-refractivity contribution < 1.29 is 14.3 Å². The van der Waals surface area contributed by atoms with Crippen LogP contribution >= 0.6 is 23.2 Å². The summed E-state index contributed by atoms with van der Waals surface area (Å²) in [6.07, 6.45) is 4.10. The standard InChI is InChI=1S/C19H19Cl2N3O3/c20-13-5-6-16(14(21)10-13)27-18-15(2-1-7-22-18)23-19(25)24-8-9-26-17(11-24)12-3-4-12/h1-2,5-7,10,12,17H,3-4,8-9,11H2,(H,23,25). The highest BCUT2D eigenvalue weighted by molar-refractivity contribution is 6.35. The summed E-state index contributed by atoms with van der Waals surface area (Å²) in [5.41, 5.74) is 0.475. The second-order valence-corrected chi connectivity index (χ2v) is 7.50. The molecule has 2 aromatic rings. The van der Waals surface area contributed by atoms with Gasteiger partial charge in [0.05, 0.1) is 17.7 Å². The lowest BCUT2D eigenvalue weighted by atomic mass is 10.2. The Morgan fingerprint density at radius 2 is 2.15 bits per heavy atom. The third kappa shape index (κ3) is 4.46. The zero-order chi connectivity index (χ0) is 18.8. The molecule has 1 aromatic carbocycles. The van der Waals surface area contributed by atoms with Crippen molar-refractivity contribution in [2.75, 3.05) is 25.0 Å². The van der Waals surface area contributed by atoms with Crippen molar-refractivity contribution in [3.8, 4) is 11.6 Å². The third-order valence-electron chi connectivity index (χ3n) is 4.64. The highest BCUT2D eigenvalue weighted by atomic mass is 35.5. The first-order valence-corrected chi connectivity index (χ1v) is 9.61. The Balaban J connectivity index is 1.46. The second-order valence-electron chi connectivity index (χ2n) is 6.66. The number of morpholine rings is 1. The summed E-state index contributed by atoms with van der Waals surface area (Å²) in [6, 6.07) is 8.21. The number of urea groups is 1. The van der Waals surface area contributed by atoms with Crippen molar-refractivity contribution in [1.82, 2.24) is 9.88 Å². The quantitative estimate of drug-likeness (QED) is 0.788. The summed E-state index contributed by atoms with van der Waals surface area (Å²) in [5.74, 6) is 1.27. The van der Waals surface area contributed by atoms with Gasteiger partial charge in [0, 0.05) is 24.3 Å². The third-order valence-corrected chi connectivity index (χ3v) is 5.17. The highest BCUT2D eigenvalue weighted by Crippen LogP contribution is 2.36. The van der Waals surface area contributed by atoms with Crippen LogP contribution in [0.2, 0.25) is 10.0 Å². The van der Waals surface area contributed by atoms with Crippen molar-refractivity contribution in [2.24, 2.45) is 5.92 Å². The van der Waals surface area contributed by atoms with Gasteiger partial charge in [-0.15, -0.1) is 0 Å². The number of aromatic nitrogens is 1. The van der Waals surface area contributed by atoms with Crippen LogP contribution in [0, 0.1) is 5.92 Å². The number of nitrogens with zero attached hydrogens (tertiary/aromatic N) is 2. The summed E-state index contributed by atoms with van der Waals surface area (Å²) in [6.45, 7) is 1.73. The molecule has 27 heavy (non-hydrogen) atoms. The molecule has 2 amide bonds. The van der Waals surface area contributed by atoms with E-state index < -0.39 is 0 Å². The Morgan fingerprint density at radius 3 is 2.93 bits per heavy atom. The van der Waals surface area contributed by atoms with Gasteiger partial charge < -0.3 is 19.7 Å². The normalized spacial score (nSPS) is 19.6. The molecule has 1 saturated heterocycles. The van der Waals surface area contributed by atoms with Crippen LogP contribution in [-0.2, 0) is 4.74 Å². The molecular formula is C19H19Cl2N3O3. The van der Waals surface area contributed by atoms with E-state index in [4.69, 9.17) is 32.7 Å². The number of hydrogen-bond donors (Lipinski definition) is 1. The van der Waals surface area contributed by atoms with E-state index in [0.717, 1.165) is 0 Å². The highest BCUT2D eigenvalue weighted by Gasteiger charge is 2.36. The van der Waals surface area contributed by atoms with E-state index >= 15 is 0 Å². The number of halogens is 2. The molecule has 1 unspecified atom stereocenters. The second kappa shape index (κ2) is 7.92. The van der Waals surface area contributed by atoms with Crippen LogP contribution in [0.4, 0.5) is 10.5 Å². The van der Waals surface area contributed by atoms with Crippen LogP contribution in [0.25, 0.3) is 0 Å². The maximum atomic E-state index is 12.7. The van der Waals surface area contributed by atoms with Crippen LogP contribution in [0.3, 0.4) is 0 Å². The first kappa shape index (κ1) is 18.3. The summed E-state index contributed by atoms with van der Waals surface area (Å²) >= 11 is 12.1. The Morgan fingerprint density at radius 1 is 1.30 bits per heavy atom. The number of amides is 2. The van der Waals surface area contributed by atoms with E-state index in [0.29, 0.717) is 47.1 Å². The first-order valence-electron chi connectivity index (χ1n) is 8.85. The van der Waals surface area contributed by atoms with Crippen LogP contribution in [0.15, 0.2) is 36.5 Å². The van der Waals surface area contributed by atoms with Crippen molar-refractivity contribution in [2.45, 2.75) is 18.9 Å². The Labute approximate surface area is 167 Å². The van der Waals surface area contributed by atoms with E-state index in [1.165, 1.54) is 12.8 Å². The molecule has 1 aliphatic carbocycles.